The molecule has 0 amide bonds. The summed E-state index contributed by atoms with van der Waals surface area (Å²) in [4.78, 5) is 19.5. The van der Waals surface area contributed by atoms with E-state index in [1.54, 1.807) is 12.3 Å². The number of rotatable bonds is 2. The zero-order valence-corrected chi connectivity index (χ0v) is 12.4. The predicted octanol–water partition coefficient (Wildman–Crippen LogP) is 3.52. The van der Waals surface area contributed by atoms with Crippen LogP contribution in [0.25, 0.3) is 11.0 Å². The lowest BCUT2D eigenvalue weighted by molar-refractivity contribution is 0.0177. The van der Waals surface area contributed by atoms with E-state index < -0.39 is 23.7 Å². The standard InChI is InChI=1S/C17H12F2N2O3/c18-11-1-2-12(19)15-14(11)13(5-8-23-15)24-17(22)10-4-7-21-16-9(10)3-6-20-16/h1-4,6-7,13H,5,8H2,(H,20,21)/t13-/m1/s1. The number of H-pyrrole nitrogens is 1. The topological polar surface area (TPSA) is 64.2 Å². The molecule has 0 unspecified atom stereocenters. The van der Waals surface area contributed by atoms with Crippen LogP contribution in [-0.4, -0.2) is 22.5 Å². The van der Waals surface area contributed by atoms with Crippen molar-refractivity contribution in [1.29, 1.82) is 0 Å². The SMILES string of the molecule is O=C(O[C@@H]1CCOc2c(F)ccc(F)c21)c1ccnc2[nH]ccc12. The smallest absolute Gasteiger partial charge is 0.339 e. The molecule has 0 saturated heterocycles. The first-order valence-electron chi connectivity index (χ1n) is 7.39. The molecule has 5 nitrogen and oxygen atoms in total. The largest absolute Gasteiger partial charge is 0.490 e. The molecule has 1 N–H and O–H groups in total. The highest BCUT2D eigenvalue weighted by Crippen LogP contribution is 2.38. The number of nitrogens with zero attached hydrogens (tertiary/aromatic N) is 1. The Morgan fingerprint density at radius 3 is 2.96 bits per heavy atom. The minimum absolute atomic E-state index is 0.0611. The van der Waals surface area contributed by atoms with Gasteiger partial charge >= 0.3 is 5.97 Å². The van der Waals surface area contributed by atoms with Gasteiger partial charge in [0.05, 0.1) is 17.7 Å². The van der Waals surface area contributed by atoms with Crippen molar-refractivity contribution >= 4 is 17.0 Å². The fourth-order valence-corrected chi connectivity index (χ4v) is 2.86. The molecule has 122 valence electrons. The molecule has 24 heavy (non-hydrogen) atoms. The van der Waals surface area contributed by atoms with Crippen molar-refractivity contribution in [3.05, 3.63) is 59.4 Å². The van der Waals surface area contributed by atoms with Crippen LogP contribution in [0.2, 0.25) is 0 Å². The average molecular weight is 330 g/mol. The van der Waals surface area contributed by atoms with E-state index >= 15 is 0 Å². The van der Waals surface area contributed by atoms with Crippen molar-refractivity contribution in [2.75, 3.05) is 6.61 Å². The summed E-state index contributed by atoms with van der Waals surface area (Å²) in [7, 11) is 0. The van der Waals surface area contributed by atoms with Gasteiger partial charge in [0.25, 0.3) is 0 Å². The molecule has 0 radical (unpaired) electrons. The van der Waals surface area contributed by atoms with Gasteiger partial charge in [-0.25, -0.2) is 18.6 Å². The van der Waals surface area contributed by atoms with E-state index in [9.17, 15) is 13.6 Å². The van der Waals surface area contributed by atoms with Crippen LogP contribution in [0.15, 0.2) is 36.7 Å². The van der Waals surface area contributed by atoms with Crippen LogP contribution in [0.1, 0.15) is 28.4 Å². The van der Waals surface area contributed by atoms with Crippen LogP contribution >= 0.6 is 0 Å². The molecule has 4 rings (SSSR count). The molecule has 0 bridgehead atoms. The Hall–Kier alpha value is -2.96. The van der Waals surface area contributed by atoms with Gasteiger partial charge < -0.3 is 14.5 Å². The number of ether oxygens (including phenoxy) is 2. The minimum Gasteiger partial charge on any atom is -0.490 e. The maximum absolute atomic E-state index is 14.1. The molecule has 1 atom stereocenters. The lowest BCUT2D eigenvalue weighted by Gasteiger charge is -2.26. The van der Waals surface area contributed by atoms with Crippen LogP contribution < -0.4 is 4.74 Å². The monoisotopic (exact) mass is 330 g/mol. The molecular weight excluding hydrogens is 318 g/mol. The second kappa shape index (κ2) is 5.59. The molecule has 2 aromatic heterocycles. The third kappa shape index (κ3) is 2.29. The number of hydrogen-bond acceptors (Lipinski definition) is 4. The maximum atomic E-state index is 14.1. The third-order valence-corrected chi connectivity index (χ3v) is 3.97. The number of aromatic nitrogens is 2. The first-order valence-corrected chi connectivity index (χ1v) is 7.39. The van der Waals surface area contributed by atoms with E-state index in [0.29, 0.717) is 16.6 Å². The first-order chi connectivity index (χ1) is 11.6. The Bertz CT molecular complexity index is 939. The summed E-state index contributed by atoms with van der Waals surface area (Å²) in [6.45, 7) is 0.140. The average Bonchev–Trinajstić information content (AvgIpc) is 3.07. The number of esters is 1. The molecular formula is C17H12F2N2O3. The molecule has 1 aromatic carbocycles. The van der Waals surface area contributed by atoms with Crippen LogP contribution in [0.4, 0.5) is 8.78 Å². The summed E-state index contributed by atoms with van der Waals surface area (Å²) in [5.74, 6) is -2.15. The van der Waals surface area contributed by atoms with Gasteiger partial charge in [-0.2, -0.15) is 0 Å². The molecule has 1 aliphatic heterocycles. The highest BCUT2D eigenvalue weighted by molar-refractivity contribution is 6.02. The second-order valence-electron chi connectivity index (χ2n) is 5.40. The lowest BCUT2D eigenvalue weighted by Crippen LogP contribution is -2.22. The van der Waals surface area contributed by atoms with Crippen LogP contribution in [-0.2, 0) is 4.74 Å². The van der Waals surface area contributed by atoms with Crippen molar-refractivity contribution < 1.29 is 23.0 Å². The van der Waals surface area contributed by atoms with E-state index in [4.69, 9.17) is 9.47 Å². The van der Waals surface area contributed by atoms with Gasteiger partial charge in [0.2, 0.25) is 0 Å². The summed E-state index contributed by atoms with van der Waals surface area (Å²) in [6, 6.07) is 5.23. The number of carbonyl (C=O) groups is 1. The molecule has 3 heterocycles. The summed E-state index contributed by atoms with van der Waals surface area (Å²) in [6.07, 6.45) is 2.49. The van der Waals surface area contributed by atoms with E-state index in [0.717, 1.165) is 12.1 Å². The lowest BCUT2D eigenvalue weighted by atomic mass is 10.0. The Morgan fingerprint density at radius 1 is 1.25 bits per heavy atom. The highest BCUT2D eigenvalue weighted by atomic mass is 19.1. The van der Waals surface area contributed by atoms with Crippen LogP contribution in [0.5, 0.6) is 5.75 Å². The molecule has 3 aromatic rings. The van der Waals surface area contributed by atoms with Crippen molar-refractivity contribution in [3.63, 3.8) is 0 Å². The van der Waals surface area contributed by atoms with Crippen LogP contribution in [0, 0.1) is 11.6 Å². The predicted molar refractivity (Wildman–Crippen MR) is 80.7 cm³/mol. The molecule has 1 aliphatic rings. The normalized spacial score (nSPS) is 16.5. The van der Waals surface area contributed by atoms with Crippen molar-refractivity contribution in [1.82, 2.24) is 9.97 Å². The fraction of sp³-hybridized carbons (Fsp3) is 0.176. The quantitative estimate of drug-likeness (QED) is 0.730. The number of halogens is 2. The maximum Gasteiger partial charge on any atom is 0.339 e. The number of aromatic amines is 1. The zero-order chi connectivity index (χ0) is 16.7. The number of nitrogens with one attached hydrogen (secondary N) is 1. The molecule has 7 heteroatoms. The van der Waals surface area contributed by atoms with Crippen molar-refractivity contribution in [2.45, 2.75) is 12.5 Å². The first kappa shape index (κ1) is 14.6. The molecule has 0 aliphatic carbocycles. The van der Waals surface area contributed by atoms with Gasteiger partial charge in [-0.05, 0) is 24.3 Å². The number of pyridine rings is 1. The minimum atomic E-state index is -0.904. The summed E-state index contributed by atoms with van der Waals surface area (Å²) in [5, 5.41) is 0.606. The number of carbonyl (C=O) groups excluding carboxylic acids is 1. The number of benzene rings is 1. The number of fused-ring (bicyclic) bond motifs is 2. The van der Waals surface area contributed by atoms with Gasteiger partial charge in [-0.3, -0.25) is 0 Å². The fourth-order valence-electron chi connectivity index (χ4n) is 2.86. The Kier molecular flexibility index (Phi) is 3.41. The van der Waals surface area contributed by atoms with Gasteiger partial charge in [-0.15, -0.1) is 0 Å². The summed E-state index contributed by atoms with van der Waals surface area (Å²) >= 11 is 0. The van der Waals surface area contributed by atoms with Crippen molar-refractivity contribution in [3.8, 4) is 5.75 Å². The second-order valence-corrected chi connectivity index (χ2v) is 5.40. The van der Waals surface area contributed by atoms with E-state index in [1.807, 2.05) is 0 Å². The Balaban J connectivity index is 1.69. The zero-order valence-electron chi connectivity index (χ0n) is 12.4. The number of hydrogen-bond donors (Lipinski definition) is 1. The van der Waals surface area contributed by atoms with Gasteiger partial charge in [0, 0.05) is 24.2 Å². The van der Waals surface area contributed by atoms with Crippen LogP contribution in [0.3, 0.4) is 0 Å². The molecule has 0 fully saturated rings. The molecule has 0 saturated carbocycles. The molecule has 0 spiro atoms. The van der Waals surface area contributed by atoms with Gasteiger partial charge in [0.15, 0.2) is 11.6 Å². The van der Waals surface area contributed by atoms with Gasteiger partial charge in [0.1, 0.15) is 17.6 Å². The van der Waals surface area contributed by atoms with Gasteiger partial charge in [-0.1, -0.05) is 0 Å². The Morgan fingerprint density at radius 2 is 2.08 bits per heavy atom. The third-order valence-electron chi connectivity index (χ3n) is 3.97. The van der Waals surface area contributed by atoms with E-state index in [2.05, 4.69) is 9.97 Å². The van der Waals surface area contributed by atoms with Crippen molar-refractivity contribution in [2.24, 2.45) is 0 Å². The van der Waals surface area contributed by atoms with E-state index in [1.165, 1.54) is 12.3 Å². The summed E-state index contributed by atoms with van der Waals surface area (Å²) < 4.78 is 38.6. The Labute approximate surface area is 135 Å². The highest BCUT2D eigenvalue weighted by Gasteiger charge is 2.31. The summed E-state index contributed by atoms with van der Waals surface area (Å²) in [5.41, 5.74) is 0.800. The van der Waals surface area contributed by atoms with E-state index in [-0.39, 0.29) is 24.3 Å².